The summed E-state index contributed by atoms with van der Waals surface area (Å²) in [6.07, 6.45) is -0.435. The number of ether oxygens (including phenoxy) is 2. The van der Waals surface area contributed by atoms with Crippen LogP contribution in [-0.4, -0.2) is 74.7 Å². The molecule has 1 unspecified atom stereocenters. The lowest BCUT2D eigenvalue weighted by atomic mass is 10.1. The molecule has 14 nitrogen and oxygen atoms in total. The van der Waals surface area contributed by atoms with Gasteiger partial charge in [-0.05, 0) is 48.2 Å². The van der Waals surface area contributed by atoms with E-state index in [9.17, 15) is 34.6 Å². The molecule has 0 aromatic heterocycles. The molecule has 0 spiro atoms. The molecule has 2 aliphatic heterocycles. The molecule has 3 amide bonds. The number of carbonyl (C=O) groups is 3. The minimum Gasteiger partial charge on any atom is -0.445 e. The number of thiol groups is 1. The summed E-state index contributed by atoms with van der Waals surface area (Å²) < 4.78 is 10.6. The highest BCUT2D eigenvalue weighted by atomic mass is 32.1. The molecule has 2 aromatic rings. The van der Waals surface area contributed by atoms with Crippen LogP contribution < -0.4 is 5.32 Å². The Morgan fingerprint density at radius 3 is 1.93 bits per heavy atom. The van der Waals surface area contributed by atoms with Gasteiger partial charge in [0.15, 0.2) is 0 Å². The summed E-state index contributed by atoms with van der Waals surface area (Å²) in [6, 6.07) is 10.2. The summed E-state index contributed by atoms with van der Waals surface area (Å²) in [5.41, 5.74) is 1.03. The van der Waals surface area contributed by atoms with Crippen LogP contribution in [0.1, 0.15) is 24.0 Å². The number of carbonyl (C=O) groups excluding carboxylic acids is 3. The van der Waals surface area contributed by atoms with Gasteiger partial charge in [-0.3, -0.25) is 29.9 Å². The fourth-order valence-electron chi connectivity index (χ4n) is 4.50. The summed E-state index contributed by atoms with van der Waals surface area (Å²) in [4.78, 5) is 61.6. The van der Waals surface area contributed by atoms with Crippen molar-refractivity contribution in [3.05, 3.63) is 79.9 Å². The van der Waals surface area contributed by atoms with Crippen molar-refractivity contribution in [3.63, 3.8) is 0 Å². The number of rotatable bonds is 8. The molecule has 0 aliphatic carbocycles. The molecular weight excluding hydrogens is 546 g/mol. The molecule has 2 aliphatic rings. The summed E-state index contributed by atoms with van der Waals surface area (Å²) in [7, 11) is 0. The van der Waals surface area contributed by atoms with Crippen LogP contribution in [0.25, 0.3) is 0 Å². The van der Waals surface area contributed by atoms with Gasteiger partial charge in [0, 0.05) is 55.2 Å². The number of likely N-dealkylation sites (tertiary alicyclic amines) is 2. The summed E-state index contributed by atoms with van der Waals surface area (Å²) >= 11 is 4.43. The van der Waals surface area contributed by atoms with E-state index < -0.39 is 28.1 Å². The Bertz CT molecular complexity index is 1270. The van der Waals surface area contributed by atoms with Crippen molar-refractivity contribution in [2.75, 3.05) is 19.6 Å². The van der Waals surface area contributed by atoms with E-state index in [1.165, 1.54) is 58.3 Å². The first-order valence-electron chi connectivity index (χ1n) is 12.4. The Balaban J connectivity index is 1.24. The molecule has 2 heterocycles. The van der Waals surface area contributed by atoms with Gasteiger partial charge < -0.3 is 19.7 Å². The maximum absolute atomic E-state index is 13.1. The molecule has 2 aromatic carbocycles. The molecular formula is C25H27N5O9S. The van der Waals surface area contributed by atoms with Gasteiger partial charge in [0.1, 0.15) is 19.3 Å². The fraction of sp³-hybridized carbons (Fsp3) is 0.400. The summed E-state index contributed by atoms with van der Waals surface area (Å²) in [6.45, 7) is 0.647. The number of hydrogen-bond donors (Lipinski definition) is 2. The average Bonchev–Trinajstić information content (AvgIpc) is 3.57. The predicted octanol–water partition coefficient (Wildman–Crippen LogP) is 3.04. The van der Waals surface area contributed by atoms with Crippen LogP contribution in [0, 0.1) is 20.2 Å². The topological polar surface area (TPSA) is 174 Å². The standard InChI is InChI=1S/C25H27N5O9S/c31-23(22-11-21(40)13-28(22)25(33)39-15-17-3-7-20(8-4-17)30(36)37)26-18-9-10-27(12-18)24(32)38-14-16-1-5-19(6-2-16)29(34)35/h1-8,18,21-22,40H,9-15H2,(H,26,31)/t18?,21-,22-/m0/s1. The Morgan fingerprint density at radius 2 is 1.40 bits per heavy atom. The predicted molar refractivity (Wildman–Crippen MR) is 143 cm³/mol. The number of amides is 3. The molecule has 212 valence electrons. The molecule has 40 heavy (non-hydrogen) atoms. The van der Waals surface area contributed by atoms with Gasteiger partial charge in [0.25, 0.3) is 11.4 Å². The van der Waals surface area contributed by atoms with E-state index in [-0.39, 0.29) is 54.9 Å². The zero-order valence-electron chi connectivity index (χ0n) is 21.2. The van der Waals surface area contributed by atoms with Gasteiger partial charge in [-0.25, -0.2) is 9.59 Å². The number of nitro groups is 2. The van der Waals surface area contributed by atoms with E-state index in [0.717, 1.165) is 0 Å². The van der Waals surface area contributed by atoms with Crippen molar-refractivity contribution >= 4 is 42.1 Å². The van der Waals surface area contributed by atoms with E-state index in [0.29, 0.717) is 30.5 Å². The molecule has 0 bridgehead atoms. The zero-order chi connectivity index (χ0) is 28.8. The van der Waals surface area contributed by atoms with Crippen LogP contribution in [0.2, 0.25) is 0 Å². The molecule has 3 atom stereocenters. The minimum absolute atomic E-state index is 0.0489. The number of hydrogen-bond acceptors (Lipinski definition) is 10. The number of nitro benzene ring substituents is 2. The molecule has 2 fully saturated rings. The fourth-order valence-corrected chi connectivity index (χ4v) is 4.87. The maximum atomic E-state index is 13.1. The van der Waals surface area contributed by atoms with Crippen LogP contribution in [0.15, 0.2) is 48.5 Å². The lowest BCUT2D eigenvalue weighted by molar-refractivity contribution is -0.385. The van der Waals surface area contributed by atoms with Crippen molar-refractivity contribution in [3.8, 4) is 0 Å². The van der Waals surface area contributed by atoms with Gasteiger partial charge in [-0.15, -0.1) is 0 Å². The lowest BCUT2D eigenvalue weighted by Gasteiger charge is -2.25. The van der Waals surface area contributed by atoms with E-state index in [4.69, 9.17) is 9.47 Å². The third-order valence-electron chi connectivity index (χ3n) is 6.63. The quantitative estimate of drug-likeness (QED) is 0.273. The molecule has 1 N–H and O–H groups in total. The van der Waals surface area contributed by atoms with Gasteiger partial charge in [0.05, 0.1) is 9.85 Å². The van der Waals surface area contributed by atoms with E-state index >= 15 is 0 Å². The normalized spacial score (nSPS) is 20.2. The third kappa shape index (κ3) is 7.16. The highest BCUT2D eigenvalue weighted by molar-refractivity contribution is 7.81. The summed E-state index contributed by atoms with van der Waals surface area (Å²) in [5, 5.41) is 24.2. The van der Waals surface area contributed by atoms with E-state index in [1.54, 1.807) is 0 Å². The second-order valence-electron chi connectivity index (χ2n) is 9.45. The third-order valence-corrected chi connectivity index (χ3v) is 7.00. The first-order chi connectivity index (χ1) is 19.1. The van der Waals surface area contributed by atoms with Crippen LogP contribution in [-0.2, 0) is 27.5 Å². The van der Waals surface area contributed by atoms with Gasteiger partial charge in [-0.1, -0.05) is 0 Å². The molecule has 0 saturated carbocycles. The van der Waals surface area contributed by atoms with Crippen molar-refractivity contribution in [2.24, 2.45) is 0 Å². The van der Waals surface area contributed by atoms with Crippen molar-refractivity contribution in [1.82, 2.24) is 15.1 Å². The molecule has 2 saturated heterocycles. The second kappa shape index (κ2) is 12.6. The Morgan fingerprint density at radius 1 is 0.875 bits per heavy atom. The van der Waals surface area contributed by atoms with Crippen LogP contribution in [0.5, 0.6) is 0 Å². The lowest BCUT2D eigenvalue weighted by Crippen LogP contribution is -2.49. The highest BCUT2D eigenvalue weighted by Gasteiger charge is 2.40. The number of non-ortho nitro benzene ring substituents is 2. The van der Waals surface area contributed by atoms with E-state index in [2.05, 4.69) is 17.9 Å². The van der Waals surface area contributed by atoms with Crippen molar-refractivity contribution in [1.29, 1.82) is 0 Å². The van der Waals surface area contributed by atoms with Crippen molar-refractivity contribution < 1.29 is 33.7 Å². The number of nitrogens with zero attached hydrogens (tertiary/aromatic N) is 4. The average molecular weight is 574 g/mol. The second-order valence-corrected chi connectivity index (χ2v) is 10.2. The monoisotopic (exact) mass is 573 g/mol. The van der Waals surface area contributed by atoms with Gasteiger partial charge >= 0.3 is 12.2 Å². The maximum Gasteiger partial charge on any atom is 0.410 e. The largest absolute Gasteiger partial charge is 0.445 e. The highest BCUT2D eigenvalue weighted by Crippen LogP contribution is 2.24. The van der Waals surface area contributed by atoms with Crippen molar-refractivity contribution in [2.45, 2.75) is 43.4 Å². The molecule has 0 radical (unpaired) electrons. The first kappa shape index (κ1) is 28.6. The van der Waals surface area contributed by atoms with Crippen LogP contribution in [0.4, 0.5) is 21.0 Å². The number of nitrogens with one attached hydrogen (secondary N) is 1. The van der Waals surface area contributed by atoms with Gasteiger partial charge in [-0.2, -0.15) is 12.6 Å². The first-order valence-corrected chi connectivity index (χ1v) is 12.9. The van der Waals surface area contributed by atoms with Crippen LogP contribution >= 0.6 is 12.6 Å². The van der Waals surface area contributed by atoms with E-state index in [1.807, 2.05) is 0 Å². The molecule has 15 heteroatoms. The Labute approximate surface area is 233 Å². The smallest absolute Gasteiger partial charge is 0.410 e. The summed E-state index contributed by atoms with van der Waals surface area (Å²) in [5.74, 6) is -0.380. The minimum atomic E-state index is -0.796. The Kier molecular flexibility index (Phi) is 9.04. The van der Waals surface area contributed by atoms with Gasteiger partial charge in [0.2, 0.25) is 5.91 Å². The molecule has 4 rings (SSSR count). The number of benzene rings is 2. The Hall–Kier alpha value is -4.40. The van der Waals surface area contributed by atoms with Crippen LogP contribution in [0.3, 0.4) is 0 Å². The SMILES string of the molecule is O=C(NC1CCN(C(=O)OCc2ccc([N+](=O)[O-])cc2)C1)[C@@H]1C[C@H](S)CN1C(=O)OCc1ccc([N+](=O)[O-])cc1. The zero-order valence-corrected chi connectivity index (χ0v) is 22.1.